The number of fused-ring (bicyclic) bond motifs is 7. The first-order chi connectivity index (χ1) is 25.2. The quantitative estimate of drug-likeness (QED) is 0.178. The molecule has 3 aliphatic rings. The van der Waals surface area contributed by atoms with E-state index in [9.17, 15) is 9.59 Å². The number of hydrogen-bond acceptors (Lipinski definition) is 13. The molecule has 0 saturated heterocycles. The monoisotopic (exact) mass is 776 g/mol. The van der Waals surface area contributed by atoms with Crippen molar-refractivity contribution in [1.29, 1.82) is 0 Å². The summed E-state index contributed by atoms with van der Waals surface area (Å²) in [7, 11) is 1.66. The number of hydrogen-bond donors (Lipinski definition) is 1. The number of carbonyl (C=O) groups excluding carboxylic acids is 2. The summed E-state index contributed by atoms with van der Waals surface area (Å²) in [5.41, 5.74) is 4.43. The van der Waals surface area contributed by atoms with Crippen molar-refractivity contribution in [3.63, 3.8) is 0 Å². The molecule has 1 N–H and O–H groups in total. The van der Waals surface area contributed by atoms with E-state index in [1.54, 1.807) is 45.9 Å². The van der Waals surface area contributed by atoms with Gasteiger partial charge in [0.2, 0.25) is 0 Å². The summed E-state index contributed by atoms with van der Waals surface area (Å²) < 4.78 is 16.6. The molecule has 7 heterocycles. The second-order valence-corrected chi connectivity index (χ2v) is 17.4. The van der Waals surface area contributed by atoms with Crippen molar-refractivity contribution >= 4 is 84.6 Å². The molecular weight excluding hydrogens is 736 g/mol. The molecule has 278 valence electrons. The highest BCUT2D eigenvalue weighted by molar-refractivity contribution is 7.19. The van der Waals surface area contributed by atoms with Crippen LogP contribution in [0.4, 0.5) is 21.1 Å². The minimum absolute atomic E-state index is 0.275. The van der Waals surface area contributed by atoms with Gasteiger partial charge in [-0.15, -0.1) is 22.7 Å². The molecule has 4 aromatic heterocycles. The van der Waals surface area contributed by atoms with E-state index in [2.05, 4.69) is 30.2 Å². The largest absolute Gasteiger partial charge is 0.495 e. The van der Waals surface area contributed by atoms with Gasteiger partial charge in [-0.25, -0.2) is 29.5 Å². The molecule has 0 saturated carbocycles. The van der Waals surface area contributed by atoms with E-state index in [1.807, 2.05) is 59.9 Å². The normalized spacial score (nSPS) is 15.0. The molecule has 3 aliphatic heterocycles. The number of aromatic nitrogens is 4. The van der Waals surface area contributed by atoms with E-state index in [0.29, 0.717) is 37.9 Å². The van der Waals surface area contributed by atoms with Crippen molar-refractivity contribution in [1.82, 2.24) is 29.7 Å². The van der Waals surface area contributed by atoms with Crippen molar-refractivity contribution in [3.8, 4) is 5.75 Å². The standard InChI is InChI=1S/C23H25N5O3S.C14H16ClN3O2S/c1-23(2,3)31-22(29)28-6-5-15-18(11-28)32-21-19(15)20(25-12-26-21)27-16-7-13-9-24-10-14(13)8-17(16)30-4;1-14(2,3)20-13(19)18-5-4-8-9(6-18)21-12-10(8)11(15)16-7-17-12/h7-9,12H,5-6,10-11H2,1-4H3,(H,25,26,27);7H,4-6H2,1-3H3. The second-order valence-electron chi connectivity index (χ2n) is 14.9. The lowest BCUT2D eigenvalue weighted by Gasteiger charge is -2.30. The zero-order valence-electron chi connectivity index (χ0n) is 30.7. The molecule has 0 unspecified atom stereocenters. The van der Waals surface area contributed by atoms with E-state index in [0.717, 1.165) is 71.4 Å². The SMILES string of the molecule is CC(C)(C)OC(=O)N1CCc2c(sc3ncnc(Cl)c23)C1.COc1cc2c(cc1Nc1ncnc3sc4c(c13)CCN(C(=O)OC(C)(C)C)C4)C=NC2. The van der Waals surface area contributed by atoms with Crippen LogP contribution in [0.5, 0.6) is 5.75 Å². The summed E-state index contributed by atoms with van der Waals surface area (Å²) in [5, 5.41) is 5.89. The number of carbonyl (C=O) groups is 2. The lowest BCUT2D eigenvalue weighted by molar-refractivity contribution is 0.0217. The van der Waals surface area contributed by atoms with E-state index < -0.39 is 11.2 Å². The maximum atomic E-state index is 12.6. The maximum Gasteiger partial charge on any atom is 0.410 e. The Hall–Kier alpha value is -4.60. The molecule has 0 spiro atoms. The first-order valence-electron chi connectivity index (χ1n) is 17.3. The predicted octanol–water partition coefficient (Wildman–Crippen LogP) is 8.31. The van der Waals surface area contributed by atoms with Crippen molar-refractivity contribution in [2.24, 2.45) is 4.99 Å². The summed E-state index contributed by atoms with van der Waals surface area (Å²) in [5.74, 6) is 1.49. The number of nitrogens with zero attached hydrogens (tertiary/aromatic N) is 7. The number of methoxy groups -OCH3 is 1. The highest BCUT2D eigenvalue weighted by Crippen LogP contribution is 2.41. The van der Waals surface area contributed by atoms with Crippen LogP contribution < -0.4 is 10.1 Å². The predicted molar refractivity (Wildman–Crippen MR) is 208 cm³/mol. The first-order valence-corrected chi connectivity index (χ1v) is 19.3. The van der Waals surface area contributed by atoms with Gasteiger partial charge in [0.25, 0.3) is 0 Å². The fourth-order valence-corrected chi connectivity index (χ4v) is 9.12. The molecule has 16 heteroatoms. The van der Waals surface area contributed by atoms with Gasteiger partial charge in [-0.2, -0.15) is 0 Å². The highest BCUT2D eigenvalue weighted by atomic mass is 35.5. The van der Waals surface area contributed by atoms with Gasteiger partial charge in [-0.3, -0.25) is 4.99 Å². The average Bonchev–Trinajstić information content (AvgIpc) is 3.81. The van der Waals surface area contributed by atoms with Gasteiger partial charge in [0.15, 0.2) is 0 Å². The molecular formula is C37H41ClN8O5S2. The van der Waals surface area contributed by atoms with Gasteiger partial charge >= 0.3 is 12.2 Å². The third-order valence-electron chi connectivity index (χ3n) is 8.74. The third kappa shape index (κ3) is 7.87. The average molecular weight is 777 g/mol. The van der Waals surface area contributed by atoms with E-state index >= 15 is 0 Å². The third-order valence-corrected chi connectivity index (χ3v) is 11.3. The van der Waals surface area contributed by atoms with Crippen molar-refractivity contribution in [3.05, 3.63) is 61.9 Å². The molecule has 0 radical (unpaired) electrons. The first kappa shape index (κ1) is 36.7. The smallest absolute Gasteiger partial charge is 0.410 e. The molecule has 0 fully saturated rings. The lowest BCUT2D eigenvalue weighted by Crippen LogP contribution is -2.39. The Labute approximate surface area is 320 Å². The Morgan fingerprint density at radius 1 is 0.811 bits per heavy atom. The minimum atomic E-state index is -0.514. The molecule has 0 atom stereocenters. The Morgan fingerprint density at radius 3 is 1.96 bits per heavy atom. The van der Waals surface area contributed by atoms with Crippen LogP contribution in [0.25, 0.3) is 20.4 Å². The minimum Gasteiger partial charge on any atom is -0.495 e. The molecule has 53 heavy (non-hydrogen) atoms. The van der Waals surface area contributed by atoms with Gasteiger partial charge < -0.3 is 29.3 Å². The van der Waals surface area contributed by atoms with Crippen LogP contribution >= 0.6 is 34.3 Å². The Bertz CT molecular complexity index is 2260. The lowest BCUT2D eigenvalue weighted by atomic mass is 10.0. The topological polar surface area (TPSA) is 144 Å². The van der Waals surface area contributed by atoms with Crippen LogP contribution in [-0.2, 0) is 41.9 Å². The van der Waals surface area contributed by atoms with E-state index in [1.165, 1.54) is 17.5 Å². The Morgan fingerprint density at radius 2 is 1.38 bits per heavy atom. The zero-order chi connectivity index (χ0) is 37.7. The number of amides is 2. The summed E-state index contributed by atoms with van der Waals surface area (Å²) in [4.78, 5) is 53.9. The van der Waals surface area contributed by atoms with Gasteiger partial charge in [-0.05, 0) is 88.8 Å². The zero-order valence-corrected chi connectivity index (χ0v) is 33.1. The Balaban J connectivity index is 0.000000179. The van der Waals surface area contributed by atoms with E-state index in [4.69, 9.17) is 25.8 Å². The van der Waals surface area contributed by atoms with Crippen molar-refractivity contribution in [2.75, 3.05) is 25.5 Å². The van der Waals surface area contributed by atoms with Crippen LogP contribution in [0.15, 0.2) is 29.8 Å². The molecule has 5 aromatic rings. The van der Waals surface area contributed by atoms with Crippen LogP contribution in [0.1, 0.15) is 73.6 Å². The number of anilines is 2. The number of nitrogens with one attached hydrogen (secondary N) is 1. The summed E-state index contributed by atoms with van der Waals surface area (Å²) in [6.45, 7) is 14.2. The number of benzene rings is 1. The summed E-state index contributed by atoms with van der Waals surface area (Å²) in [6, 6.07) is 4.06. The number of thiophene rings is 2. The van der Waals surface area contributed by atoms with Crippen LogP contribution in [0.2, 0.25) is 5.15 Å². The van der Waals surface area contributed by atoms with Crippen molar-refractivity contribution < 1.29 is 23.8 Å². The van der Waals surface area contributed by atoms with Crippen LogP contribution in [0.3, 0.4) is 0 Å². The molecule has 2 amide bonds. The summed E-state index contributed by atoms with van der Waals surface area (Å²) >= 11 is 9.34. The Kier molecular flexibility index (Phi) is 9.93. The fraction of sp³-hybridized carbons (Fsp3) is 0.432. The van der Waals surface area contributed by atoms with Gasteiger partial charge in [0.05, 0.1) is 43.2 Å². The van der Waals surface area contributed by atoms with Crippen LogP contribution in [-0.4, -0.2) is 79.5 Å². The molecule has 0 bridgehead atoms. The molecule has 8 rings (SSSR count). The number of ether oxygens (including phenoxy) is 3. The van der Waals surface area contributed by atoms with Gasteiger partial charge in [0, 0.05) is 29.1 Å². The highest BCUT2D eigenvalue weighted by Gasteiger charge is 2.31. The van der Waals surface area contributed by atoms with Gasteiger partial charge in [-0.1, -0.05) is 11.6 Å². The maximum absolute atomic E-state index is 12.6. The van der Waals surface area contributed by atoms with Gasteiger partial charge in [0.1, 0.15) is 50.2 Å². The number of aliphatic imine (C=N–C) groups is 1. The van der Waals surface area contributed by atoms with Crippen LogP contribution in [0, 0.1) is 0 Å². The van der Waals surface area contributed by atoms with Crippen molar-refractivity contribution in [2.45, 2.75) is 85.2 Å². The molecule has 1 aromatic carbocycles. The summed E-state index contributed by atoms with van der Waals surface area (Å²) in [6.07, 6.45) is 5.84. The molecule has 0 aliphatic carbocycles. The van der Waals surface area contributed by atoms with E-state index in [-0.39, 0.29) is 12.2 Å². The molecule has 13 nitrogen and oxygen atoms in total. The number of rotatable bonds is 3. The second kappa shape index (κ2) is 14.3. The number of halogens is 1. The fourth-order valence-electron chi connectivity index (χ4n) is 6.41.